The van der Waals surface area contributed by atoms with Crippen LogP contribution in [0.15, 0.2) is 108 Å². The Morgan fingerprint density at radius 1 is 0.818 bits per heavy atom. The first-order valence-electron chi connectivity index (χ1n) is 14.6. The summed E-state index contributed by atoms with van der Waals surface area (Å²) in [5.41, 5.74) is 3.93. The molecule has 1 unspecified atom stereocenters. The van der Waals surface area contributed by atoms with Gasteiger partial charge in [-0.2, -0.15) is 0 Å². The summed E-state index contributed by atoms with van der Waals surface area (Å²) < 4.78 is 29.4. The van der Waals surface area contributed by atoms with Crippen LogP contribution in [0, 0.1) is 13.8 Å². The zero-order chi connectivity index (χ0) is 31.7. The maximum Gasteiger partial charge on any atom is 0.264 e. The number of anilines is 1. The number of aryl methyl sites for hydroxylation is 2. The van der Waals surface area contributed by atoms with Gasteiger partial charge >= 0.3 is 0 Å². The van der Waals surface area contributed by atoms with Gasteiger partial charge in [0.15, 0.2) is 0 Å². The molecule has 4 aromatic rings. The van der Waals surface area contributed by atoms with Crippen LogP contribution in [0.1, 0.15) is 35.6 Å². The van der Waals surface area contributed by atoms with E-state index < -0.39 is 28.5 Å². The van der Waals surface area contributed by atoms with Crippen molar-refractivity contribution < 1.29 is 18.0 Å². The Balaban J connectivity index is 1.80. The lowest BCUT2D eigenvalue weighted by molar-refractivity contribution is -0.140. The van der Waals surface area contributed by atoms with Crippen molar-refractivity contribution in [3.05, 3.63) is 130 Å². The molecule has 0 aliphatic carbocycles. The van der Waals surface area contributed by atoms with Crippen molar-refractivity contribution in [2.45, 2.75) is 51.1 Å². The summed E-state index contributed by atoms with van der Waals surface area (Å²) in [6.07, 6.45) is 0.999. The Morgan fingerprint density at radius 2 is 1.43 bits per heavy atom. The number of hydrogen-bond acceptors (Lipinski definition) is 4. The van der Waals surface area contributed by atoms with E-state index in [0.29, 0.717) is 17.3 Å². The Bertz CT molecular complexity index is 1660. The highest BCUT2D eigenvalue weighted by Gasteiger charge is 2.34. The zero-order valence-electron chi connectivity index (χ0n) is 25.2. The maximum atomic E-state index is 14.4. The average Bonchev–Trinajstić information content (AvgIpc) is 3.02. The van der Waals surface area contributed by atoms with Gasteiger partial charge in [0.25, 0.3) is 10.0 Å². The second-order valence-corrected chi connectivity index (χ2v) is 13.0. The van der Waals surface area contributed by atoms with E-state index >= 15 is 0 Å². The molecule has 0 aliphatic heterocycles. The van der Waals surface area contributed by atoms with E-state index in [0.717, 1.165) is 33.0 Å². The van der Waals surface area contributed by atoms with Gasteiger partial charge in [0.1, 0.15) is 12.6 Å². The van der Waals surface area contributed by atoms with E-state index in [1.807, 2.05) is 87.5 Å². The molecule has 230 valence electrons. The van der Waals surface area contributed by atoms with Gasteiger partial charge in [-0.05, 0) is 78.9 Å². The molecule has 0 fully saturated rings. The van der Waals surface area contributed by atoms with Gasteiger partial charge in [0.2, 0.25) is 11.8 Å². The van der Waals surface area contributed by atoms with E-state index in [1.165, 1.54) is 29.2 Å². The summed E-state index contributed by atoms with van der Waals surface area (Å²) in [6, 6.07) is 29.1. The Hall–Kier alpha value is -4.14. The number of benzene rings is 4. The molecule has 0 aliphatic rings. The van der Waals surface area contributed by atoms with Crippen molar-refractivity contribution in [1.82, 2.24) is 10.2 Å². The van der Waals surface area contributed by atoms with Crippen molar-refractivity contribution >= 4 is 39.1 Å². The van der Waals surface area contributed by atoms with Crippen LogP contribution >= 0.6 is 11.6 Å². The van der Waals surface area contributed by atoms with Crippen molar-refractivity contribution in [2.24, 2.45) is 0 Å². The van der Waals surface area contributed by atoms with Crippen molar-refractivity contribution in [3.63, 3.8) is 0 Å². The predicted octanol–water partition coefficient (Wildman–Crippen LogP) is 6.32. The van der Waals surface area contributed by atoms with Gasteiger partial charge in [0.05, 0.1) is 10.6 Å². The Kier molecular flexibility index (Phi) is 11.2. The first-order chi connectivity index (χ1) is 21.1. The van der Waals surface area contributed by atoms with Crippen molar-refractivity contribution in [1.29, 1.82) is 0 Å². The molecule has 0 saturated carbocycles. The normalized spacial score (nSPS) is 11.9. The largest absolute Gasteiger partial charge is 0.354 e. The SMILES string of the molecule is CCCNC(=O)C(Cc1ccccc1)N(Cc1ccccc1)C(=O)CN(c1ccc(C)c(C)c1)S(=O)(=O)c1ccc(Cl)cc1. The number of carbonyl (C=O) groups excluding carboxylic acids is 2. The number of halogens is 1. The topological polar surface area (TPSA) is 86.8 Å². The van der Waals surface area contributed by atoms with E-state index in [4.69, 9.17) is 11.6 Å². The van der Waals surface area contributed by atoms with Crippen LogP contribution in [0.4, 0.5) is 5.69 Å². The van der Waals surface area contributed by atoms with E-state index in [2.05, 4.69) is 5.32 Å². The van der Waals surface area contributed by atoms with Gasteiger partial charge in [-0.25, -0.2) is 8.42 Å². The number of carbonyl (C=O) groups is 2. The number of rotatable bonds is 13. The molecule has 1 atom stereocenters. The van der Waals surface area contributed by atoms with Crippen LogP contribution in [0.2, 0.25) is 5.02 Å². The summed E-state index contributed by atoms with van der Waals surface area (Å²) in [4.78, 5) is 29.6. The monoisotopic (exact) mass is 631 g/mol. The highest BCUT2D eigenvalue weighted by Crippen LogP contribution is 2.27. The molecule has 4 aromatic carbocycles. The van der Waals surface area contributed by atoms with Crippen LogP contribution in [0.5, 0.6) is 0 Å². The van der Waals surface area contributed by atoms with Gasteiger partial charge < -0.3 is 10.2 Å². The molecule has 9 heteroatoms. The fourth-order valence-electron chi connectivity index (χ4n) is 4.84. The van der Waals surface area contributed by atoms with E-state index in [9.17, 15) is 18.0 Å². The van der Waals surface area contributed by atoms with Gasteiger partial charge in [-0.15, -0.1) is 0 Å². The summed E-state index contributed by atoms with van der Waals surface area (Å²) in [7, 11) is -4.19. The smallest absolute Gasteiger partial charge is 0.264 e. The first kappa shape index (κ1) is 32.8. The second kappa shape index (κ2) is 15.0. The molecule has 0 spiro atoms. The number of amides is 2. The maximum absolute atomic E-state index is 14.4. The third kappa shape index (κ3) is 8.27. The lowest BCUT2D eigenvalue weighted by Gasteiger charge is -2.34. The molecule has 0 heterocycles. The van der Waals surface area contributed by atoms with Crippen LogP contribution in [0.25, 0.3) is 0 Å². The van der Waals surface area contributed by atoms with Crippen LogP contribution in [-0.2, 0) is 32.6 Å². The summed E-state index contributed by atoms with van der Waals surface area (Å²) in [6.45, 7) is 5.86. The minimum atomic E-state index is -4.19. The lowest BCUT2D eigenvalue weighted by atomic mass is 10.0. The number of nitrogens with zero attached hydrogens (tertiary/aromatic N) is 2. The molecular weight excluding hydrogens is 594 g/mol. The highest BCUT2D eigenvalue weighted by molar-refractivity contribution is 7.92. The fourth-order valence-corrected chi connectivity index (χ4v) is 6.38. The molecule has 4 rings (SSSR count). The second-order valence-electron chi connectivity index (χ2n) is 10.7. The Morgan fingerprint density at radius 3 is 2.02 bits per heavy atom. The summed E-state index contributed by atoms with van der Waals surface area (Å²) in [5, 5.41) is 3.35. The highest BCUT2D eigenvalue weighted by atomic mass is 35.5. The number of nitrogens with one attached hydrogen (secondary N) is 1. The molecular formula is C35H38ClN3O4S. The fraction of sp³-hybridized carbons (Fsp3) is 0.257. The molecule has 44 heavy (non-hydrogen) atoms. The number of hydrogen-bond donors (Lipinski definition) is 1. The van der Waals surface area contributed by atoms with Gasteiger partial charge in [0, 0.05) is 24.5 Å². The van der Waals surface area contributed by atoms with Crippen molar-refractivity contribution in [2.75, 3.05) is 17.4 Å². The zero-order valence-corrected chi connectivity index (χ0v) is 26.8. The molecule has 7 nitrogen and oxygen atoms in total. The first-order valence-corrected chi connectivity index (χ1v) is 16.4. The standard InChI is InChI=1S/C35H38ClN3O4S/c1-4-21-37-35(41)33(23-28-11-7-5-8-12-28)38(24-29-13-9-6-10-14-29)34(40)25-39(31-18-15-26(2)27(3)22-31)44(42,43)32-19-16-30(36)17-20-32/h5-20,22,33H,4,21,23-25H2,1-3H3,(H,37,41). The van der Waals surface area contributed by atoms with Crippen molar-refractivity contribution in [3.8, 4) is 0 Å². The van der Waals surface area contributed by atoms with Gasteiger partial charge in [-0.1, -0.05) is 85.3 Å². The van der Waals surface area contributed by atoms with Crippen LogP contribution in [0.3, 0.4) is 0 Å². The molecule has 0 radical (unpaired) electrons. The molecule has 0 aromatic heterocycles. The van der Waals surface area contributed by atoms with Crippen LogP contribution < -0.4 is 9.62 Å². The Labute approximate surface area is 265 Å². The molecule has 0 saturated heterocycles. The van der Waals surface area contributed by atoms with Gasteiger partial charge in [-0.3, -0.25) is 13.9 Å². The average molecular weight is 632 g/mol. The third-order valence-corrected chi connectivity index (χ3v) is 9.52. The van der Waals surface area contributed by atoms with E-state index in [-0.39, 0.29) is 23.8 Å². The molecule has 2 amide bonds. The predicted molar refractivity (Wildman–Crippen MR) is 176 cm³/mol. The van der Waals surface area contributed by atoms with E-state index in [1.54, 1.807) is 12.1 Å². The lowest BCUT2D eigenvalue weighted by Crippen LogP contribution is -2.53. The minimum absolute atomic E-state index is 0.00376. The molecule has 1 N–H and O–H groups in total. The quantitative estimate of drug-likeness (QED) is 0.187. The number of sulfonamides is 1. The van der Waals surface area contributed by atoms with Crippen LogP contribution in [-0.4, -0.2) is 44.3 Å². The summed E-state index contributed by atoms with van der Waals surface area (Å²) >= 11 is 6.06. The summed E-state index contributed by atoms with van der Waals surface area (Å²) in [5.74, 6) is -0.796. The minimum Gasteiger partial charge on any atom is -0.354 e. The molecule has 0 bridgehead atoms. The third-order valence-electron chi connectivity index (χ3n) is 7.48.